The van der Waals surface area contributed by atoms with Crippen LogP contribution in [0.4, 0.5) is 5.69 Å². The molecule has 0 N–H and O–H groups in total. The molecule has 0 bridgehead atoms. The quantitative estimate of drug-likeness (QED) is 0.443. The fourth-order valence-corrected chi connectivity index (χ4v) is 1.73. The van der Waals surface area contributed by atoms with Gasteiger partial charge in [-0.3, -0.25) is 14.3 Å². The van der Waals surface area contributed by atoms with E-state index >= 15 is 0 Å². The minimum Gasteiger partial charge on any atom is -0.258 e. The van der Waals surface area contributed by atoms with Gasteiger partial charge in [-0.1, -0.05) is 0 Å². The summed E-state index contributed by atoms with van der Waals surface area (Å²) in [5, 5.41) is 10.3. The smallest absolute Gasteiger partial charge is 0.258 e. The molecular formula is C7H6ClNO3S. The van der Waals surface area contributed by atoms with Gasteiger partial charge < -0.3 is 0 Å². The first-order chi connectivity index (χ1) is 6.15. The number of benzene rings is 1. The van der Waals surface area contributed by atoms with Crippen molar-refractivity contribution in [1.82, 2.24) is 0 Å². The van der Waals surface area contributed by atoms with Crippen LogP contribution in [-0.2, 0) is 10.8 Å². The molecule has 1 aromatic rings. The van der Waals surface area contributed by atoms with Gasteiger partial charge in [0, 0.05) is 17.0 Å². The van der Waals surface area contributed by atoms with Gasteiger partial charge in [0.15, 0.2) is 0 Å². The predicted molar refractivity (Wildman–Crippen MR) is 50.2 cm³/mol. The zero-order chi connectivity index (χ0) is 9.84. The minimum atomic E-state index is -1.27. The molecule has 0 spiro atoms. The number of hydrogen-bond donors (Lipinski definition) is 0. The van der Waals surface area contributed by atoms with Crippen LogP contribution in [0.15, 0.2) is 29.2 Å². The van der Waals surface area contributed by atoms with Gasteiger partial charge in [0.2, 0.25) is 0 Å². The molecule has 0 heterocycles. The Kier molecular flexibility index (Phi) is 3.39. The molecule has 0 saturated heterocycles. The number of nitro groups is 1. The van der Waals surface area contributed by atoms with Crippen LogP contribution in [0.1, 0.15) is 0 Å². The lowest BCUT2D eigenvalue weighted by Crippen LogP contribution is -1.93. The summed E-state index contributed by atoms with van der Waals surface area (Å²) in [5.41, 5.74) is -0.0182. The number of alkyl halides is 1. The van der Waals surface area contributed by atoms with E-state index in [0.717, 1.165) is 0 Å². The maximum atomic E-state index is 11.1. The Labute approximate surface area is 82.1 Å². The van der Waals surface area contributed by atoms with E-state index in [1.807, 2.05) is 0 Å². The fourth-order valence-electron chi connectivity index (χ4n) is 0.783. The van der Waals surface area contributed by atoms with Gasteiger partial charge in [-0.25, -0.2) is 0 Å². The maximum Gasteiger partial charge on any atom is 0.269 e. The van der Waals surface area contributed by atoms with Crippen molar-refractivity contribution in [1.29, 1.82) is 0 Å². The molecule has 0 aromatic heterocycles. The summed E-state index contributed by atoms with van der Waals surface area (Å²) >= 11 is 5.35. The van der Waals surface area contributed by atoms with E-state index in [1.54, 1.807) is 0 Å². The molecule has 0 saturated carbocycles. The van der Waals surface area contributed by atoms with Crippen molar-refractivity contribution in [3.05, 3.63) is 34.4 Å². The molecule has 1 atom stereocenters. The molecule has 70 valence electrons. The van der Waals surface area contributed by atoms with Gasteiger partial charge in [0.05, 0.1) is 15.7 Å². The van der Waals surface area contributed by atoms with Crippen LogP contribution in [-0.4, -0.2) is 14.3 Å². The first-order valence-electron chi connectivity index (χ1n) is 3.34. The molecule has 13 heavy (non-hydrogen) atoms. The average molecular weight is 220 g/mol. The van der Waals surface area contributed by atoms with Crippen molar-refractivity contribution in [3.63, 3.8) is 0 Å². The molecule has 0 aliphatic rings. The molecule has 0 aliphatic heterocycles. The summed E-state index contributed by atoms with van der Waals surface area (Å²) in [6.07, 6.45) is 0. The third kappa shape index (κ3) is 2.50. The standard InChI is InChI=1S/C7H6ClNO3S/c8-5-13(12)7-3-1-6(2-4-7)9(10)11/h1-4H,5H2/t13-/m0/s1. The lowest BCUT2D eigenvalue weighted by Gasteiger charge is -1.96. The highest BCUT2D eigenvalue weighted by molar-refractivity contribution is 7.86. The summed E-state index contributed by atoms with van der Waals surface area (Å²) in [4.78, 5) is 10.2. The van der Waals surface area contributed by atoms with Gasteiger partial charge >= 0.3 is 0 Å². The van der Waals surface area contributed by atoms with Crippen molar-refractivity contribution in [2.45, 2.75) is 4.90 Å². The van der Waals surface area contributed by atoms with E-state index in [2.05, 4.69) is 0 Å². The lowest BCUT2D eigenvalue weighted by molar-refractivity contribution is -0.384. The highest BCUT2D eigenvalue weighted by atomic mass is 35.5. The number of halogens is 1. The molecule has 0 unspecified atom stereocenters. The second kappa shape index (κ2) is 4.34. The lowest BCUT2D eigenvalue weighted by atomic mass is 10.3. The van der Waals surface area contributed by atoms with Crippen LogP contribution in [0.25, 0.3) is 0 Å². The van der Waals surface area contributed by atoms with E-state index in [-0.39, 0.29) is 10.9 Å². The van der Waals surface area contributed by atoms with E-state index in [0.29, 0.717) is 4.90 Å². The van der Waals surface area contributed by atoms with Crippen molar-refractivity contribution >= 4 is 28.1 Å². The predicted octanol–water partition coefficient (Wildman–Crippen LogP) is 1.90. The minimum absolute atomic E-state index is 0.00217. The Bertz CT molecular complexity index is 338. The van der Waals surface area contributed by atoms with Crippen LogP contribution in [0, 0.1) is 10.1 Å². The molecule has 0 amide bonds. The van der Waals surface area contributed by atoms with Crippen LogP contribution in [0.2, 0.25) is 0 Å². The monoisotopic (exact) mass is 219 g/mol. The average Bonchev–Trinajstić information content (AvgIpc) is 2.17. The van der Waals surface area contributed by atoms with Crippen molar-refractivity contribution in [3.8, 4) is 0 Å². The number of non-ortho nitro benzene ring substituents is 1. The van der Waals surface area contributed by atoms with Gasteiger partial charge in [-0.2, -0.15) is 0 Å². The number of rotatable bonds is 3. The summed E-state index contributed by atoms with van der Waals surface area (Å²) in [7, 11) is -1.27. The van der Waals surface area contributed by atoms with Gasteiger partial charge in [0.25, 0.3) is 5.69 Å². The molecule has 0 radical (unpaired) electrons. The Morgan fingerprint density at radius 2 is 1.92 bits per heavy atom. The van der Waals surface area contributed by atoms with Gasteiger partial charge in [0.1, 0.15) is 5.21 Å². The van der Waals surface area contributed by atoms with Crippen LogP contribution >= 0.6 is 11.6 Å². The van der Waals surface area contributed by atoms with E-state index < -0.39 is 15.7 Å². The molecular weight excluding hydrogens is 214 g/mol. The molecule has 1 aromatic carbocycles. The second-order valence-corrected chi connectivity index (χ2v) is 4.24. The third-order valence-electron chi connectivity index (χ3n) is 1.41. The van der Waals surface area contributed by atoms with E-state index in [9.17, 15) is 14.3 Å². The first kappa shape index (κ1) is 10.1. The van der Waals surface area contributed by atoms with Crippen LogP contribution < -0.4 is 0 Å². The second-order valence-electron chi connectivity index (χ2n) is 2.21. The van der Waals surface area contributed by atoms with Gasteiger partial charge in [-0.05, 0) is 12.1 Å². The third-order valence-corrected chi connectivity index (χ3v) is 3.00. The number of nitrogens with zero attached hydrogens (tertiary/aromatic N) is 1. The molecule has 0 fully saturated rings. The van der Waals surface area contributed by atoms with Gasteiger partial charge in [-0.15, -0.1) is 11.6 Å². The Hall–Kier alpha value is -0.940. The zero-order valence-corrected chi connectivity index (χ0v) is 8.05. The summed E-state index contributed by atoms with van der Waals surface area (Å²) in [6, 6.07) is 5.49. The van der Waals surface area contributed by atoms with Crippen LogP contribution in [0.5, 0.6) is 0 Å². The molecule has 4 nitrogen and oxygen atoms in total. The largest absolute Gasteiger partial charge is 0.269 e. The first-order valence-corrected chi connectivity index (χ1v) is 5.19. The fraction of sp³-hybridized carbons (Fsp3) is 0.143. The number of nitro benzene ring substituents is 1. The SMILES string of the molecule is O=[N+]([O-])c1ccc([S@@](=O)CCl)cc1. The van der Waals surface area contributed by atoms with Crippen LogP contribution in [0.3, 0.4) is 0 Å². The zero-order valence-electron chi connectivity index (χ0n) is 6.47. The van der Waals surface area contributed by atoms with Crippen molar-refractivity contribution in [2.24, 2.45) is 0 Å². The summed E-state index contributed by atoms with van der Waals surface area (Å²) in [6.45, 7) is 0. The maximum absolute atomic E-state index is 11.1. The molecule has 1 rings (SSSR count). The van der Waals surface area contributed by atoms with E-state index in [4.69, 9.17) is 11.6 Å². The Balaban J connectivity index is 2.93. The Morgan fingerprint density at radius 3 is 2.31 bits per heavy atom. The van der Waals surface area contributed by atoms with Crippen molar-refractivity contribution < 1.29 is 9.13 Å². The number of hydrogen-bond acceptors (Lipinski definition) is 3. The normalized spacial score (nSPS) is 12.4. The summed E-state index contributed by atoms with van der Waals surface area (Å²) in [5.74, 6) is 0. The van der Waals surface area contributed by atoms with Crippen molar-refractivity contribution in [2.75, 3.05) is 5.21 Å². The Morgan fingerprint density at radius 1 is 1.38 bits per heavy atom. The topological polar surface area (TPSA) is 60.2 Å². The summed E-state index contributed by atoms with van der Waals surface area (Å²) < 4.78 is 11.1. The molecule has 0 aliphatic carbocycles. The highest BCUT2D eigenvalue weighted by Gasteiger charge is 2.06. The highest BCUT2D eigenvalue weighted by Crippen LogP contribution is 2.14. The molecule has 6 heteroatoms. The van der Waals surface area contributed by atoms with E-state index in [1.165, 1.54) is 24.3 Å².